The first-order valence-electron chi connectivity index (χ1n) is 11.5. The SMILES string of the molecule is C=C1NC=Cc2cc(-c3cncc(F)c3)nc(Nc3ccc(C4CCN(C(=C)C)CC4)cc3)c21. The lowest BCUT2D eigenvalue weighted by Crippen LogP contribution is -2.31. The Kier molecular flexibility index (Phi) is 5.88. The molecule has 0 saturated carbocycles. The van der Waals surface area contributed by atoms with E-state index in [0.29, 0.717) is 23.0 Å². The first kappa shape index (κ1) is 21.9. The van der Waals surface area contributed by atoms with Gasteiger partial charge in [0, 0.05) is 53.7 Å². The topological polar surface area (TPSA) is 53.1 Å². The van der Waals surface area contributed by atoms with E-state index in [1.54, 1.807) is 6.20 Å². The molecule has 6 heteroatoms. The van der Waals surface area contributed by atoms with Crippen LogP contribution in [0.1, 0.15) is 42.4 Å². The zero-order valence-electron chi connectivity index (χ0n) is 19.3. The summed E-state index contributed by atoms with van der Waals surface area (Å²) in [5.74, 6) is 0.840. The number of halogens is 1. The molecule has 2 aliphatic heterocycles. The summed E-state index contributed by atoms with van der Waals surface area (Å²) in [6, 6.07) is 12.0. The van der Waals surface area contributed by atoms with Gasteiger partial charge in [-0.2, -0.15) is 0 Å². The highest BCUT2D eigenvalue weighted by Gasteiger charge is 2.21. The molecule has 4 heterocycles. The number of nitrogens with one attached hydrogen (secondary N) is 2. The monoisotopic (exact) mass is 453 g/mol. The summed E-state index contributed by atoms with van der Waals surface area (Å²) >= 11 is 0. The molecular formula is C28H28FN5. The minimum atomic E-state index is -0.391. The molecule has 5 nitrogen and oxygen atoms in total. The van der Waals surface area contributed by atoms with E-state index in [1.165, 1.54) is 17.8 Å². The molecule has 1 saturated heterocycles. The molecule has 2 aliphatic rings. The van der Waals surface area contributed by atoms with Gasteiger partial charge in [-0.1, -0.05) is 25.3 Å². The Morgan fingerprint density at radius 2 is 1.91 bits per heavy atom. The Balaban J connectivity index is 1.42. The van der Waals surface area contributed by atoms with Crippen LogP contribution in [0.25, 0.3) is 23.0 Å². The molecule has 0 radical (unpaired) electrons. The molecule has 0 bridgehead atoms. The van der Waals surface area contributed by atoms with Crippen molar-refractivity contribution in [3.05, 3.63) is 96.4 Å². The maximum Gasteiger partial charge on any atom is 0.142 e. The number of aromatic nitrogens is 2. The third-order valence-electron chi connectivity index (χ3n) is 6.55. The highest BCUT2D eigenvalue weighted by Crippen LogP contribution is 2.35. The quantitative estimate of drug-likeness (QED) is 0.476. The number of fused-ring (bicyclic) bond motifs is 1. The summed E-state index contributed by atoms with van der Waals surface area (Å²) in [6.45, 7) is 12.4. The van der Waals surface area contributed by atoms with Gasteiger partial charge >= 0.3 is 0 Å². The van der Waals surface area contributed by atoms with E-state index < -0.39 is 5.82 Å². The summed E-state index contributed by atoms with van der Waals surface area (Å²) in [6.07, 6.45) is 8.89. The maximum atomic E-state index is 13.8. The van der Waals surface area contributed by atoms with Crippen molar-refractivity contribution >= 4 is 23.3 Å². The van der Waals surface area contributed by atoms with Crippen LogP contribution in [0.2, 0.25) is 0 Å². The summed E-state index contributed by atoms with van der Waals surface area (Å²) in [4.78, 5) is 11.2. The molecular weight excluding hydrogens is 425 g/mol. The minimum absolute atomic E-state index is 0.391. The van der Waals surface area contributed by atoms with E-state index in [4.69, 9.17) is 4.98 Å². The predicted octanol–water partition coefficient (Wildman–Crippen LogP) is 6.28. The molecule has 2 aromatic heterocycles. The smallest absolute Gasteiger partial charge is 0.142 e. The second-order valence-electron chi connectivity index (χ2n) is 8.91. The number of hydrogen-bond donors (Lipinski definition) is 2. The molecule has 172 valence electrons. The first-order valence-corrected chi connectivity index (χ1v) is 11.5. The molecule has 0 unspecified atom stereocenters. The fraction of sp³-hybridized carbons (Fsp3) is 0.214. The highest BCUT2D eigenvalue weighted by atomic mass is 19.1. The normalized spacial score (nSPS) is 15.6. The van der Waals surface area contributed by atoms with Gasteiger partial charge in [0.05, 0.1) is 11.9 Å². The van der Waals surface area contributed by atoms with Crippen molar-refractivity contribution in [3.63, 3.8) is 0 Å². The Hall–Kier alpha value is -3.93. The molecule has 1 aromatic carbocycles. The number of likely N-dealkylation sites (tertiary alicyclic amines) is 1. The number of anilines is 2. The molecule has 2 N–H and O–H groups in total. The van der Waals surface area contributed by atoms with Gasteiger partial charge in [0.25, 0.3) is 0 Å². The largest absolute Gasteiger partial charge is 0.375 e. The van der Waals surface area contributed by atoms with Crippen LogP contribution in [0.3, 0.4) is 0 Å². The molecule has 0 spiro atoms. The van der Waals surface area contributed by atoms with Crippen LogP contribution in [-0.2, 0) is 0 Å². The summed E-state index contributed by atoms with van der Waals surface area (Å²) < 4.78 is 13.8. The van der Waals surface area contributed by atoms with E-state index in [2.05, 4.69) is 64.9 Å². The number of piperidine rings is 1. The van der Waals surface area contributed by atoms with Crippen LogP contribution < -0.4 is 10.6 Å². The Morgan fingerprint density at radius 3 is 2.62 bits per heavy atom. The van der Waals surface area contributed by atoms with Crippen molar-refractivity contribution in [1.29, 1.82) is 0 Å². The predicted molar refractivity (Wildman–Crippen MR) is 137 cm³/mol. The van der Waals surface area contributed by atoms with Crippen LogP contribution in [0.15, 0.2) is 73.8 Å². The van der Waals surface area contributed by atoms with Crippen LogP contribution in [0.5, 0.6) is 0 Å². The van der Waals surface area contributed by atoms with Gasteiger partial charge in [-0.05, 0) is 67.2 Å². The fourth-order valence-corrected chi connectivity index (χ4v) is 4.68. The van der Waals surface area contributed by atoms with E-state index in [-0.39, 0.29) is 0 Å². The third kappa shape index (κ3) is 4.44. The number of hydrogen-bond acceptors (Lipinski definition) is 5. The Labute approximate surface area is 199 Å². The van der Waals surface area contributed by atoms with Crippen molar-refractivity contribution < 1.29 is 4.39 Å². The van der Waals surface area contributed by atoms with Gasteiger partial charge in [0.1, 0.15) is 11.6 Å². The zero-order chi connectivity index (χ0) is 23.7. The van der Waals surface area contributed by atoms with Crippen molar-refractivity contribution in [2.24, 2.45) is 0 Å². The molecule has 0 atom stereocenters. The van der Waals surface area contributed by atoms with Crippen LogP contribution in [0.4, 0.5) is 15.9 Å². The van der Waals surface area contributed by atoms with Gasteiger partial charge in [0.15, 0.2) is 0 Å². The van der Waals surface area contributed by atoms with E-state index in [0.717, 1.165) is 54.1 Å². The third-order valence-corrected chi connectivity index (χ3v) is 6.55. The first-order chi connectivity index (χ1) is 16.5. The van der Waals surface area contributed by atoms with Crippen molar-refractivity contribution in [2.45, 2.75) is 25.7 Å². The molecule has 0 amide bonds. The molecule has 3 aromatic rings. The minimum Gasteiger partial charge on any atom is -0.375 e. The van der Waals surface area contributed by atoms with E-state index in [1.807, 2.05) is 18.3 Å². The average Bonchev–Trinajstić information content (AvgIpc) is 2.84. The van der Waals surface area contributed by atoms with E-state index in [9.17, 15) is 4.39 Å². The second-order valence-corrected chi connectivity index (χ2v) is 8.91. The molecule has 5 rings (SSSR count). The lowest BCUT2D eigenvalue weighted by Gasteiger charge is -2.34. The van der Waals surface area contributed by atoms with Gasteiger partial charge in [-0.15, -0.1) is 0 Å². The van der Waals surface area contributed by atoms with Gasteiger partial charge in [-0.3, -0.25) is 4.98 Å². The summed E-state index contributed by atoms with van der Waals surface area (Å²) in [5, 5.41) is 6.62. The maximum absolute atomic E-state index is 13.8. The summed E-state index contributed by atoms with van der Waals surface area (Å²) in [7, 11) is 0. The molecule has 1 fully saturated rings. The van der Waals surface area contributed by atoms with Gasteiger partial charge in [0.2, 0.25) is 0 Å². The fourth-order valence-electron chi connectivity index (χ4n) is 4.68. The van der Waals surface area contributed by atoms with Gasteiger partial charge < -0.3 is 15.5 Å². The van der Waals surface area contributed by atoms with Crippen LogP contribution in [0, 0.1) is 5.82 Å². The number of rotatable bonds is 5. The number of benzene rings is 1. The average molecular weight is 454 g/mol. The van der Waals surface area contributed by atoms with Crippen LogP contribution in [-0.4, -0.2) is 28.0 Å². The number of nitrogens with zero attached hydrogens (tertiary/aromatic N) is 3. The molecule has 0 aliphatic carbocycles. The Bertz CT molecular complexity index is 1270. The van der Waals surface area contributed by atoms with Crippen molar-refractivity contribution in [3.8, 4) is 11.3 Å². The second kappa shape index (κ2) is 9.14. The highest BCUT2D eigenvalue weighted by molar-refractivity contribution is 5.86. The van der Waals surface area contributed by atoms with E-state index >= 15 is 0 Å². The lowest BCUT2D eigenvalue weighted by atomic mass is 9.89. The molecule has 34 heavy (non-hydrogen) atoms. The van der Waals surface area contributed by atoms with Crippen molar-refractivity contribution in [1.82, 2.24) is 20.2 Å². The standard InChI is InChI=1S/C28H28FN5/c1-18(2)34-12-9-21(10-13-34)20-4-6-25(7-5-20)32-28-27-19(3)31-11-8-22(27)15-26(33-28)23-14-24(29)17-30-16-23/h4-8,11,14-17,21,31H,1,3,9-10,12-13H2,2H3,(H,32,33). The lowest BCUT2D eigenvalue weighted by molar-refractivity contribution is 0.264. The number of pyridine rings is 2. The summed E-state index contributed by atoms with van der Waals surface area (Å²) in [5.41, 5.74) is 7.33. The van der Waals surface area contributed by atoms with Crippen molar-refractivity contribution in [2.75, 3.05) is 18.4 Å². The zero-order valence-corrected chi connectivity index (χ0v) is 19.3. The number of allylic oxidation sites excluding steroid dienone is 1. The Morgan fingerprint density at radius 1 is 1.15 bits per heavy atom. The van der Waals surface area contributed by atoms with Crippen LogP contribution >= 0.6 is 0 Å². The van der Waals surface area contributed by atoms with Gasteiger partial charge in [-0.25, -0.2) is 9.37 Å².